The molecule has 3 aromatic carbocycles. The number of nitrogens with one attached hydrogen (secondary N) is 2. The average molecular weight is 435 g/mol. The number of benzene rings is 3. The van der Waals surface area contributed by atoms with Crippen LogP contribution in [-0.2, 0) is 0 Å². The van der Waals surface area contributed by atoms with Crippen LogP contribution in [-0.4, -0.2) is 27.4 Å². The highest BCUT2D eigenvalue weighted by Gasteiger charge is 2.12. The molecule has 0 radical (unpaired) electrons. The molecule has 0 spiro atoms. The van der Waals surface area contributed by atoms with Crippen LogP contribution >= 0.6 is 15.9 Å². The van der Waals surface area contributed by atoms with Crippen molar-refractivity contribution < 1.29 is 9.90 Å². The predicted octanol–water partition coefficient (Wildman–Crippen LogP) is 4.46. The number of nitrogens with zero attached hydrogens (tertiary/aromatic N) is 2. The van der Waals surface area contributed by atoms with Crippen molar-refractivity contribution in [2.24, 2.45) is 5.10 Å². The van der Waals surface area contributed by atoms with Gasteiger partial charge in [0.05, 0.1) is 11.9 Å². The number of amides is 1. The standard InChI is InChI=1S/C21H15BrN4O2/c22-17-8-4-3-7-15(17)18-11-19(25-24-18)21(28)26-23-12-16-14-6-2-1-5-13(14)9-10-20(16)27/h1-12,27H,(H,24,25)(H,26,28). The molecule has 4 aromatic rings. The zero-order valence-electron chi connectivity index (χ0n) is 14.6. The maximum Gasteiger partial charge on any atom is 0.289 e. The first kappa shape index (κ1) is 17.9. The number of fused-ring (bicyclic) bond motifs is 1. The molecule has 4 rings (SSSR count). The summed E-state index contributed by atoms with van der Waals surface area (Å²) in [6.07, 6.45) is 1.43. The second-order valence-electron chi connectivity index (χ2n) is 6.07. The number of H-pyrrole nitrogens is 1. The van der Waals surface area contributed by atoms with E-state index in [0.717, 1.165) is 20.8 Å². The summed E-state index contributed by atoms with van der Waals surface area (Å²) in [6, 6.07) is 20.3. The van der Waals surface area contributed by atoms with E-state index in [-0.39, 0.29) is 11.4 Å². The van der Waals surface area contributed by atoms with Crippen LogP contribution in [0.1, 0.15) is 16.1 Å². The van der Waals surface area contributed by atoms with Crippen molar-refractivity contribution in [3.05, 3.63) is 82.5 Å². The van der Waals surface area contributed by atoms with E-state index >= 15 is 0 Å². The Morgan fingerprint density at radius 3 is 2.75 bits per heavy atom. The smallest absolute Gasteiger partial charge is 0.289 e. The number of aromatic nitrogens is 2. The Morgan fingerprint density at radius 1 is 1.11 bits per heavy atom. The quantitative estimate of drug-likeness (QED) is 0.327. The Bertz CT molecular complexity index is 1200. The minimum absolute atomic E-state index is 0.0921. The molecule has 0 atom stereocenters. The van der Waals surface area contributed by atoms with Crippen molar-refractivity contribution >= 4 is 38.8 Å². The molecule has 1 amide bonds. The molecule has 0 fully saturated rings. The number of phenolic OH excluding ortho intramolecular Hbond substituents is 1. The summed E-state index contributed by atoms with van der Waals surface area (Å²) < 4.78 is 0.887. The largest absolute Gasteiger partial charge is 0.507 e. The number of hydrazone groups is 1. The van der Waals surface area contributed by atoms with Crippen molar-refractivity contribution in [3.8, 4) is 17.0 Å². The van der Waals surface area contributed by atoms with Crippen LogP contribution < -0.4 is 5.43 Å². The van der Waals surface area contributed by atoms with Gasteiger partial charge in [-0.15, -0.1) is 0 Å². The van der Waals surface area contributed by atoms with E-state index in [1.54, 1.807) is 12.1 Å². The van der Waals surface area contributed by atoms with Gasteiger partial charge in [0, 0.05) is 15.6 Å². The van der Waals surface area contributed by atoms with Gasteiger partial charge in [-0.05, 0) is 29.0 Å². The minimum atomic E-state index is -0.429. The zero-order valence-corrected chi connectivity index (χ0v) is 16.1. The minimum Gasteiger partial charge on any atom is -0.507 e. The molecule has 0 saturated heterocycles. The normalized spacial score (nSPS) is 11.2. The Kier molecular flexibility index (Phi) is 4.90. The topological polar surface area (TPSA) is 90.4 Å². The van der Waals surface area contributed by atoms with Crippen LogP contribution in [0.5, 0.6) is 5.75 Å². The van der Waals surface area contributed by atoms with E-state index < -0.39 is 5.91 Å². The highest BCUT2D eigenvalue weighted by atomic mass is 79.9. The van der Waals surface area contributed by atoms with E-state index in [2.05, 4.69) is 36.7 Å². The molecule has 0 aliphatic carbocycles. The lowest BCUT2D eigenvalue weighted by molar-refractivity contribution is 0.0950. The van der Waals surface area contributed by atoms with Crippen LogP contribution in [0.2, 0.25) is 0 Å². The molecule has 3 N–H and O–H groups in total. The number of hydrogen-bond acceptors (Lipinski definition) is 4. The molecule has 7 heteroatoms. The number of phenols is 1. The number of halogens is 1. The summed E-state index contributed by atoms with van der Waals surface area (Å²) in [5.41, 5.74) is 4.80. The van der Waals surface area contributed by atoms with Crippen LogP contribution in [0.25, 0.3) is 22.0 Å². The van der Waals surface area contributed by atoms with Gasteiger partial charge in [-0.1, -0.05) is 64.5 Å². The maximum absolute atomic E-state index is 12.3. The van der Waals surface area contributed by atoms with Gasteiger partial charge in [0.25, 0.3) is 5.91 Å². The number of aromatic hydroxyl groups is 1. The van der Waals surface area contributed by atoms with Crippen LogP contribution in [0.4, 0.5) is 0 Å². The Balaban J connectivity index is 1.53. The van der Waals surface area contributed by atoms with Gasteiger partial charge in [-0.2, -0.15) is 10.2 Å². The summed E-state index contributed by atoms with van der Waals surface area (Å²) in [7, 11) is 0. The van der Waals surface area contributed by atoms with Crippen molar-refractivity contribution in [2.75, 3.05) is 0 Å². The fourth-order valence-electron chi connectivity index (χ4n) is 2.88. The van der Waals surface area contributed by atoms with Gasteiger partial charge in [-0.3, -0.25) is 9.89 Å². The molecular weight excluding hydrogens is 420 g/mol. The SMILES string of the molecule is O=C(NN=Cc1c(O)ccc2ccccc12)c1cc(-c2ccccc2Br)n[nH]1. The fraction of sp³-hybridized carbons (Fsp3) is 0. The van der Waals surface area contributed by atoms with Crippen LogP contribution in [0.3, 0.4) is 0 Å². The van der Waals surface area contributed by atoms with Gasteiger partial charge in [0.15, 0.2) is 0 Å². The Hall–Kier alpha value is -3.45. The van der Waals surface area contributed by atoms with Crippen molar-refractivity contribution in [1.29, 1.82) is 0 Å². The first-order valence-corrected chi connectivity index (χ1v) is 9.27. The molecule has 138 valence electrons. The lowest BCUT2D eigenvalue weighted by Crippen LogP contribution is -2.18. The lowest BCUT2D eigenvalue weighted by Gasteiger charge is -2.04. The zero-order chi connectivity index (χ0) is 19.5. The Labute approximate surface area is 169 Å². The number of hydrogen-bond donors (Lipinski definition) is 3. The molecule has 0 bridgehead atoms. The summed E-state index contributed by atoms with van der Waals surface area (Å²) >= 11 is 3.47. The van der Waals surface area contributed by atoms with Crippen LogP contribution in [0, 0.1) is 0 Å². The predicted molar refractivity (Wildman–Crippen MR) is 112 cm³/mol. The first-order chi connectivity index (χ1) is 13.6. The van der Waals surface area contributed by atoms with Gasteiger partial charge < -0.3 is 5.11 Å². The van der Waals surface area contributed by atoms with Crippen molar-refractivity contribution in [1.82, 2.24) is 15.6 Å². The maximum atomic E-state index is 12.3. The van der Waals surface area contributed by atoms with E-state index in [1.165, 1.54) is 6.21 Å². The molecule has 6 nitrogen and oxygen atoms in total. The molecule has 0 aliphatic rings. The molecule has 0 unspecified atom stereocenters. The summed E-state index contributed by atoms with van der Waals surface area (Å²) in [6.45, 7) is 0. The number of rotatable bonds is 4. The van der Waals surface area contributed by atoms with Gasteiger partial charge in [0.2, 0.25) is 0 Å². The highest BCUT2D eigenvalue weighted by molar-refractivity contribution is 9.10. The van der Waals surface area contributed by atoms with Gasteiger partial charge >= 0.3 is 0 Å². The summed E-state index contributed by atoms with van der Waals surface area (Å²) in [5.74, 6) is -0.337. The molecule has 28 heavy (non-hydrogen) atoms. The van der Waals surface area contributed by atoms with E-state index in [4.69, 9.17) is 0 Å². The second-order valence-corrected chi connectivity index (χ2v) is 6.92. The average Bonchev–Trinajstić information content (AvgIpc) is 3.20. The van der Waals surface area contributed by atoms with Crippen LogP contribution in [0.15, 0.2) is 76.3 Å². The molecule has 1 heterocycles. The number of carbonyl (C=O) groups excluding carboxylic acids is 1. The number of aromatic amines is 1. The lowest BCUT2D eigenvalue weighted by atomic mass is 10.0. The van der Waals surface area contributed by atoms with E-state index in [9.17, 15) is 9.90 Å². The molecule has 1 aromatic heterocycles. The molecule has 0 aliphatic heterocycles. The third-order valence-corrected chi connectivity index (χ3v) is 4.97. The van der Waals surface area contributed by atoms with E-state index in [0.29, 0.717) is 11.3 Å². The molecular formula is C21H15BrN4O2. The number of carbonyl (C=O) groups is 1. The van der Waals surface area contributed by atoms with Gasteiger partial charge in [-0.25, -0.2) is 5.43 Å². The highest BCUT2D eigenvalue weighted by Crippen LogP contribution is 2.27. The summed E-state index contributed by atoms with van der Waals surface area (Å²) in [4.78, 5) is 12.3. The fourth-order valence-corrected chi connectivity index (χ4v) is 3.37. The molecule has 0 saturated carbocycles. The summed E-state index contributed by atoms with van der Waals surface area (Å²) in [5, 5.41) is 22.8. The third kappa shape index (κ3) is 3.52. The van der Waals surface area contributed by atoms with E-state index in [1.807, 2.05) is 54.6 Å². The van der Waals surface area contributed by atoms with Crippen molar-refractivity contribution in [2.45, 2.75) is 0 Å². The van der Waals surface area contributed by atoms with Crippen molar-refractivity contribution in [3.63, 3.8) is 0 Å². The first-order valence-electron chi connectivity index (χ1n) is 8.48. The monoisotopic (exact) mass is 434 g/mol. The second kappa shape index (κ2) is 7.66. The third-order valence-electron chi connectivity index (χ3n) is 4.28. The van der Waals surface area contributed by atoms with Gasteiger partial charge in [0.1, 0.15) is 11.4 Å². The Morgan fingerprint density at radius 2 is 1.89 bits per heavy atom.